The van der Waals surface area contributed by atoms with Gasteiger partial charge in [-0.2, -0.15) is 0 Å². The van der Waals surface area contributed by atoms with Crippen molar-refractivity contribution in [3.8, 4) is 0 Å². The summed E-state index contributed by atoms with van der Waals surface area (Å²) in [5, 5.41) is 6.38. The molecule has 7 nitrogen and oxygen atoms in total. The van der Waals surface area contributed by atoms with Gasteiger partial charge in [-0.05, 0) is 19.1 Å². The number of anilines is 2. The number of methoxy groups -OCH3 is 1. The molecule has 28 heavy (non-hydrogen) atoms. The van der Waals surface area contributed by atoms with Crippen LogP contribution in [0.2, 0.25) is 5.02 Å². The van der Waals surface area contributed by atoms with E-state index >= 15 is 0 Å². The Morgan fingerprint density at radius 3 is 2.89 bits per heavy atom. The van der Waals surface area contributed by atoms with Gasteiger partial charge in [0.25, 0.3) is 5.91 Å². The summed E-state index contributed by atoms with van der Waals surface area (Å²) in [4.78, 5) is 32.7. The Bertz CT molecular complexity index is 1110. The number of amides is 1. The van der Waals surface area contributed by atoms with E-state index in [4.69, 9.17) is 16.3 Å². The van der Waals surface area contributed by atoms with Gasteiger partial charge in [-0.3, -0.25) is 9.59 Å². The molecule has 0 spiro atoms. The zero-order chi connectivity index (χ0) is 20.1. The molecule has 3 aromatic rings. The van der Waals surface area contributed by atoms with E-state index in [1.807, 2.05) is 0 Å². The molecule has 1 aliphatic rings. The fourth-order valence-electron chi connectivity index (χ4n) is 3.33. The lowest BCUT2D eigenvalue weighted by atomic mass is 9.96. The highest BCUT2D eigenvalue weighted by Crippen LogP contribution is 2.39. The first kappa shape index (κ1) is 18.4. The number of H-pyrrole nitrogens is 1. The van der Waals surface area contributed by atoms with E-state index in [1.54, 1.807) is 6.92 Å². The molecule has 0 radical (unpaired) electrons. The van der Waals surface area contributed by atoms with Crippen LogP contribution in [0.5, 0.6) is 0 Å². The van der Waals surface area contributed by atoms with Crippen LogP contribution in [0.4, 0.5) is 15.8 Å². The fraction of sp³-hybridized carbons (Fsp3) is 0.211. The predicted molar refractivity (Wildman–Crippen MR) is 103 cm³/mol. The Kier molecular flexibility index (Phi) is 4.32. The molecule has 0 fully saturated rings. The maximum absolute atomic E-state index is 14.3. The van der Waals surface area contributed by atoms with Crippen molar-refractivity contribution >= 4 is 45.7 Å². The van der Waals surface area contributed by atoms with Crippen molar-refractivity contribution in [2.75, 3.05) is 24.4 Å². The molecule has 4 rings (SSSR count). The Labute approximate surface area is 164 Å². The minimum atomic E-state index is -1.05. The first-order valence-electron chi connectivity index (χ1n) is 8.43. The van der Waals surface area contributed by atoms with E-state index in [1.165, 1.54) is 37.7 Å². The van der Waals surface area contributed by atoms with E-state index in [0.29, 0.717) is 22.4 Å². The molecule has 3 heterocycles. The van der Waals surface area contributed by atoms with Crippen LogP contribution in [0.3, 0.4) is 0 Å². The van der Waals surface area contributed by atoms with Gasteiger partial charge >= 0.3 is 0 Å². The van der Waals surface area contributed by atoms with Gasteiger partial charge in [0.1, 0.15) is 17.0 Å². The minimum absolute atomic E-state index is 0.0163. The topological polar surface area (TPSA) is 96.1 Å². The van der Waals surface area contributed by atoms with Crippen LogP contribution in [-0.4, -0.2) is 40.9 Å². The number of pyridine rings is 1. The number of nitrogens with zero attached hydrogens (tertiary/aromatic N) is 1. The molecule has 144 valence electrons. The highest BCUT2D eigenvalue weighted by molar-refractivity contribution is 6.36. The Balaban J connectivity index is 1.91. The number of carbonyl (C=O) groups excluding carboxylic acids is 2. The third-order valence-corrected chi connectivity index (χ3v) is 5.03. The van der Waals surface area contributed by atoms with Gasteiger partial charge in [-0.1, -0.05) is 17.7 Å². The summed E-state index contributed by atoms with van der Waals surface area (Å²) in [6.45, 7) is 1.79. The van der Waals surface area contributed by atoms with Crippen LogP contribution >= 0.6 is 11.6 Å². The van der Waals surface area contributed by atoms with Crippen molar-refractivity contribution in [2.45, 2.75) is 12.5 Å². The molecule has 0 aliphatic carbocycles. The molecule has 0 saturated heterocycles. The molecule has 0 saturated carbocycles. The van der Waals surface area contributed by atoms with E-state index in [0.717, 1.165) is 0 Å². The molecule has 3 N–H and O–H groups in total. The second kappa shape index (κ2) is 6.57. The second-order valence-electron chi connectivity index (χ2n) is 6.74. The van der Waals surface area contributed by atoms with Gasteiger partial charge in [0, 0.05) is 13.3 Å². The first-order valence-corrected chi connectivity index (χ1v) is 8.81. The van der Waals surface area contributed by atoms with Crippen molar-refractivity contribution < 1.29 is 18.7 Å². The molecular weight excluding hydrogens is 387 g/mol. The molecular formula is C19H16ClFN4O3. The smallest absolute Gasteiger partial charge is 0.252 e. The van der Waals surface area contributed by atoms with E-state index in [9.17, 15) is 14.0 Å². The molecule has 9 heteroatoms. The fourth-order valence-corrected chi connectivity index (χ4v) is 3.58. The van der Waals surface area contributed by atoms with Crippen LogP contribution < -0.4 is 10.6 Å². The second-order valence-corrected chi connectivity index (χ2v) is 7.15. The van der Waals surface area contributed by atoms with Gasteiger partial charge in [-0.25, -0.2) is 9.37 Å². The monoisotopic (exact) mass is 402 g/mol. The largest absolute Gasteiger partial charge is 0.382 e. The summed E-state index contributed by atoms with van der Waals surface area (Å²) in [7, 11) is 1.49. The van der Waals surface area contributed by atoms with Crippen LogP contribution in [0.25, 0.3) is 11.0 Å². The number of halogens is 2. The average Bonchev–Trinajstić information content (AvgIpc) is 3.07. The molecule has 1 atom stereocenters. The summed E-state index contributed by atoms with van der Waals surface area (Å²) < 4.78 is 19.4. The quantitative estimate of drug-likeness (QED) is 0.581. The Hall–Kier alpha value is -2.97. The maximum Gasteiger partial charge on any atom is 0.252 e. The third kappa shape index (κ3) is 2.73. The molecule has 0 unspecified atom stereocenters. The number of hydrogen-bond donors (Lipinski definition) is 3. The van der Waals surface area contributed by atoms with E-state index in [-0.39, 0.29) is 28.7 Å². The standard InChI is InChI=1S/C19H16ClFN4O3/c1-19(8-28-2)18(27)24-12-7-23-17-13(15(12)25-19)9(6-22-17)16(26)14-10(20)4-3-5-11(14)21/h3-7,25H,8H2,1-2H3,(H,22,23)(H,24,27)/t19-/m0/s1. The third-order valence-electron chi connectivity index (χ3n) is 4.72. The van der Waals surface area contributed by atoms with Crippen LogP contribution in [0.1, 0.15) is 22.8 Å². The van der Waals surface area contributed by atoms with Gasteiger partial charge in [0.2, 0.25) is 0 Å². The number of carbonyl (C=O) groups is 2. The number of fused-ring (bicyclic) bond motifs is 3. The van der Waals surface area contributed by atoms with Gasteiger partial charge in [-0.15, -0.1) is 0 Å². The predicted octanol–water partition coefficient (Wildman–Crippen LogP) is 3.36. The number of hydrogen-bond acceptors (Lipinski definition) is 5. The van der Waals surface area contributed by atoms with Crippen molar-refractivity contribution in [3.63, 3.8) is 0 Å². The van der Waals surface area contributed by atoms with Crippen LogP contribution in [-0.2, 0) is 9.53 Å². The zero-order valence-electron chi connectivity index (χ0n) is 15.0. The number of ketones is 1. The lowest BCUT2D eigenvalue weighted by Crippen LogP contribution is -2.53. The van der Waals surface area contributed by atoms with Crippen LogP contribution in [0, 0.1) is 5.82 Å². The molecule has 2 aromatic heterocycles. The molecule has 0 bridgehead atoms. The SMILES string of the molecule is COC[C@]1(C)Nc2c(cnc3[nH]cc(C(=O)c4c(F)cccc4Cl)c23)NC1=O. The summed E-state index contributed by atoms with van der Waals surface area (Å²) in [6.07, 6.45) is 2.94. The van der Waals surface area contributed by atoms with E-state index in [2.05, 4.69) is 20.6 Å². The lowest BCUT2D eigenvalue weighted by Gasteiger charge is -2.35. The van der Waals surface area contributed by atoms with Crippen molar-refractivity contribution in [1.82, 2.24) is 9.97 Å². The zero-order valence-corrected chi connectivity index (χ0v) is 15.8. The van der Waals surface area contributed by atoms with Crippen molar-refractivity contribution in [1.29, 1.82) is 0 Å². The van der Waals surface area contributed by atoms with Gasteiger partial charge in [0.05, 0.1) is 45.7 Å². The average molecular weight is 403 g/mol. The number of benzene rings is 1. The van der Waals surface area contributed by atoms with Gasteiger partial charge < -0.3 is 20.4 Å². The number of nitrogens with one attached hydrogen (secondary N) is 3. The highest BCUT2D eigenvalue weighted by atomic mass is 35.5. The lowest BCUT2D eigenvalue weighted by molar-refractivity contribution is -0.121. The molecule has 1 aromatic carbocycles. The number of ether oxygens (including phenoxy) is 1. The maximum atomic E-state index is 14.3. The normalized spacial score (nSPS) is 18.5. The summed E-state index contributed by atoms with van der Waals surface area (Å²) in [5.74, 6) is -1.59. The van der Waals surface area contributed by atoms with Crippen molar-refractivity contribution in [2.24, 2.45) is 0 Å². The van der Waals surface area contributed by atoms with E-state index < -0.39 is 17.1 Å². The number of rotatable bonds is 4. The minimum Gasteiger partial charge on any atom is -0.382 e. The first-order chi connectivity index (χ1) is 13.4. The number of aromatic amines is 1. The number of aromatic nitrogens is 2. The highest BCUT2D eigenvalue weighted by Gasteiger charge is 2.39. The molecule has 1 aliphatic heterocycles. The summed E-state index contributed by atoms with van der Waals surface area (Å²) >= 11 is 6.07. The van der Waals surface area contributed by atoms with Crippen molar-refractivity contribution in [3.05, 3.63) is 52.6 Å². The van der Waals surface area contributed by atoms with Gasteiger partial charge in [0.15, 0.2) is 5.78 Å². The van der Waals surface area contributed by atoms with Crippen LogP contribution in [0.15, 0.2) is 30.6 Å². The molecule has 1 amide bonds. The Morgan fingerprint density at radius 2 is 2.18 bits per heavy atom. The summed E-state index contributed by atoms with van der Waals surface area (Å²) in [5.41, 5.74) is 0.249. The Morgan fingerprint density at radius 1 is 1.39 bits per heavy atom. The summed E-state index contributed by atoms with van der Waals surface area (Å²) in [6, 6.07) is 4.06.